The zero-order valence-electron chi connectivity index (χ0n) is 15.1. The van der Waals surface area contributed by atoms with Crippen LogP contribution in [-0.2, 0) is 12.6 Å². The minimum Gasteiger partial charge on any atom is -0.309 e. The second kappa shape index (κ2) is 9.14. The number of rotatable bonds is 6. The van der Waals surface area contributed by atoms with E-state index in [1.807, 2.05) is 19.0 Å². The molecular weight excluding hydrogens is 375 g/mol. The average molecular weight is 397 g/mol. The van der Waals surface area contributed by atoms with Crippen molar-refractivity contribution in [2.75, 3.05) is 30.3 Å². The summed E-state index contributed by atoms with van der Waals surface area (Å²) in [6, 6.07) is 11.6. The third-order valence-electron chi connectivity index (χ3n) is 3.84. The van der Waals surface area contributed by atoms with E-state index in [0.717, 1.165) is 23.0 Å². The summed E-state index contributed by atoms with van der Waals surface area (Å²) < 4.78 is 40.7. The largest absolute Gasteiger partial charge is 0.416 e. The van der Waals surface area contributed by atoms with Crippen molar-refractivity contribution in [1.29, 1.82) is 0 Å². The van der Waals surface area contributed by atoms with Crippen LogP contribution < -0.4 is 9.62 Å². The number of halogens is 3. The number of nitrogens with zero attached hydrogens (tertiary/aromatic N) is 2. The first-order chi connectivity index (χ1) is 12.7. The van der Waals surface area contributed by atoms with Gasteiger partial charge in [-0.2, -0.15) is 13.2 Å². The van der Waals surface area contributed by atoms with Crippen LogP contribution in [0.2, 0.25) is 0 Å². The van der Waals surface area contributed by atoms with Crippen LogP contribution in [0.4, 0.5) is 29.3 Å². The van der Waals surface area contributed by atoms with E-state index in [9.17, 15) is 18.0 Å². The molecule has 4 nitrogen and oxygen atoms in total. The Morgan fingerprint density at radius 3 is 2.37 bits per heavy atom. The van der Waals surface area contributed by atoms with Gasteiger partial charge in [-0.15, -0.1) is 0 Å². The minimum atomic E-state index is -4.49. The fraction of sp³-hybridized carbons (Fsp3) is 0.316. The molecule has 0 aromatic heterocycles. The smallest absolute Gasteiger partial charge is 0.309 e. The number of amides is 2. The number of hydrogen-bond acceptors (Lipinski definition) is 3. The van der Waals surface area contributed by atoms with Crippen molar-refractivity contribution in [2.45, 2.75) is 19.0 Å². The molecule has 0 atom stereocenters. The Bertz CT molecular complexity index is 767. The molecule has 0 aliphatic carbocycles. The Labute approximate surface area is 162 Å². The number of anilines is 2. The Hall–Kier alpha value is -2.19. The lowest BCUT2D eigenvalue weighted by Gasteiger charge is -2.18. The van der Waals surface area contributed by atoms with E-state index in [1.54, 1.807) is 36.4 Å². The fourth-order valence-corrected chi connectivity index (χ4v) is 2.72. The molecule has 0 heterocycles. The zero-order chi connectivity index (χ0) is 20.0. The molecule has 1 N–H and O–H groups in total. The van der Waals surface area contributed by atoms with Crippen molar-refractivity contribution in [3.05, 3.63) is 59.7 Å². The van der Waals surface area contributed by atoms with E-state index in [0.29, 0.717) is 24.1 Å². The summed E-state index contributed by atoms with van der Waals surface area (Å²) in [5.41, 5.74) is 0.333. The summed E-state index contributed by atoms with van der Waals surface area (Å²) in [6.45, 7) is 0.760. The number of benzene rings is 2. The first-order valence-electron chi connectivity index (χ1n) is 8.38. The number of para-hydroxylation sites is 1. The van der Waals surface area contributed by atoms with Gasteiger partial charge in [0.1, 0.15) is 0 Å². The molecule has 2 aromatic carbocycles. The molecule has 0 aliphatic rings. The number of hydrogen-bond donors (Lipinski definition) is 2. The topological polar surface area (TPSA) is 35.6 Å². The summed E-state index contributed by atoms with van der Waals surface area (Å²) in [6.07, 6.45) is -3.30. The lowest BCUT2D eigenvalue weighted by molar-refractivity contribution is -0.137. The van der Waals surface area contributed by atoms with Crippen molar-refractivity contribution < 1.29 is 18.0 Å². The molecular formula is C19H22F3N3OS. The molecule has 0 fully saturated rings. The number of carbonyl (C=O) groups excluding carboxylic acids is 1. The molecule has 0 unspecified atom stereocenters. The van der Waals surface area contributed by atoms with Gasteiger partial charge in [0.15, 0.2) is 0 Å². The second-order valence-electron chi connectivity index (χ2n) is 6.40. The predicted molar refractivity (Wildman–Crippen MR) is 105 cm³/mol. The van der Waals surface area contributed by atoms with Crippen molar-refractivity contribution in [2.24, 2.45) is 0 Å². The number of carbonyl (C=O) groups is 1. The van der Waals surface area contributed by atoms with Crippen molar-refractivity contribution in [1.82, 2.24) is 4.90 Å². The van der Waals surface area contributed by atoms with E-state index in [4.69, 9.17) is 0 Å². The van der Waals surface area contributed by atoms with E-state index in [-0.39, 0.29) is 5.69 Å². The molecule has 0 bridgehead atoms. The summed E-state index contributed by atoms with van der Waals surface area (Å²) in [5.74, 6) is 0. The molecule has 0 spiro atoms. The molecule has 0 saturated carbocycles. The predicted octanol–water partition coefficient (Wildman–Crippen LogP) is 5.08. The molecule has 27 heavy (non-hydrogen) atoms. The van der Waals surface area contributed by atoms with Crippen LogP contribution in [0.5, 0.6) is 0 Å². The van der Waals surface area contributed by atoms with Gasteiger partial charge in [-0.1, -0.05) is 31.0 Å². The highest BCUT2D eigenvalue weighted by Crippen LogP contribution is 2.32. The highest BCUT2D eigenvalue weighted by molar-refractivity contribution is 7.82. The van der Waals surface area contributed by atoms with E-state index < -0.39 is 17.8 Å². The Balaban J connectivity index is 2.20. The van der Waals surface area contributed by atoms with E-state index >= 15 is 0 Å². The maximum Gasteiger partial charge on any atom is 0.416 e. The average Bonchev–Trinajstić information content (AvgIpc) is 2.60. The molecule has 0 saturated heterocycles. The Kier molecular flexibility index (Phi) is 7.15. The summed E-state index contributed by atoms with van der Waals surface area (Å²) in [5, 5.41) is 2.49. The second-order valence-corrected chi connectivity index (χ2v) is 6.80. The molecule has 2 rings (SSSR count). The van der Waals surface area contributed by atoms with Crippen molar-refractivity contribution in [3.63, 3.8) is 0 Å². The normalized spacial score (nSPS) is 11.5. The van der Waals surface area contributed by atoms with Gasteiger partial charge in [-0.05, 0) is 69.4 Å². The minimum absolute atomic E-state index is 0.0876. The Morgan fingerprint density at radius 1 is 1.11 bits per heavy atom. The lowest BCUT2D eigenvalue weighted by atomic mass is 10.0. The van der Waals surface area contributed by atoms with Gasteiger partial charge in [0.05, 0.1) is 11.3 Å². The maximum atomic E-state index is 13.2. The maximum absolute atomic E-state index is 13.2. The number of thiol groups is 1. The number of alkyl halides is 3. The number of nitrogens with one attached hydrogen (secondary N) is 1. The van der Waals surface area contributed by atoms with Crippen molar-refractivity contribution in [3.8, 4) is 0 Å². The quantitative estimate of drug-likeness (QED) is 0.667. The van der Waals surface area contributed by atoms with Crippen LogP contribution in [0.1, 0.15) is 17.5 Å². The zero-order valence-corrected chi connectivity index (χ0v) is 16.0. The third-order valence-corrected chi connectivity index (χ3v) is 4.25. The standard InChI is InChI=1S/C19H22F3N3OS/c1-24(2)10-6-7-14-11-15(19(20,21)22)13-16(12-14)23-18(26)25(27)17-8-4-3-5-9-17/h3-5,8-9,11-13,27H,6-7,10H2,1-2H3,(H,23,26). The highest BCUT2D eigenvalue weighted by Gasteiger charge is 2.31. The SMILES string of the molecule is CN(C)CCCc1cc(NC(=O)N(S)c2ccccc2)cc(C(F)(F)F)c1. The first-order valence-corrected chi connectivity index (χ1v) is 8.78. The van der Waals surface area contributed by atoms with Crippen LogP contribution in [0.15, 0.2) is 48.5 Å². The third kappa shape index (κ3) is 6.48. The van der Waals surface area contributed by atoms with Crippen LogP contribution in [0, 0.1) is 0 Å². The van der Waals surface area contributed by atoms with Crippen LogP contribution >= 0.6 is 12.8 Å². The highest BCUT2D eigenvalue weighted by atomic mass is 32.1. The first kappa shape index (κ1) is 21.1. The van der Waals surface area contributed by atoms with Gasteiger partial charge in [-0.25, -0.2) is 9.10 Å². The molecule has 8 heteroatoms. The van der Waals surface area contributed by atoms with Gasteiger partial charge in [0.25, 0.3) is 0 Å². The fourth-order valence-electron chi connectivity index (χ4n) is 2.53. The van der Waals surface area contributed by atoms with Crippen molar-refractivity contribution >= 4 is 30.2 Å². The van der Waals surface area contributed by atoms with Gasteiger partial charge in [-0.3, -0.25) is 0 Å². The molecule has 2 amide bonds. The van der Waals surface area contributed by atoms with E-state index in [2.05, 4.69) is 18.1 Å². The number of urea groups is 1. The van der Waals surface area contributed by atoms with Gasteiger partial charge < -0.3 is 10.2 Å². The Morgan fingerprint density at radius 2 is 1.78 bits per heavy atom. The molecule has 146 valence electrons. The summed E-state index contributed by atoms with van der Waals surface area (Å²) >= 11 is 4.13. The molecule has 0 radical (unpaired) electrons. The van der Waals surface area contributed by atoms with Crippen LogP contribution in [0.25, 0.3) is 0 Å². The van der Waals surface area contributed by atoms with Gasteiger partial charge in [0, 0.05) is 5.69 Å². The van der Waals surface area contributed by atoms with Crippen LogP contribution in [-0.4, -0.2) is 31.6 Å². The van der Waals surface area contributed by atoms with Gasteiger partial charge >= 0.3 is 12.2 Å². The van der Waals surface area contributed by atoms with Gasteiger partial charge in [0.2, 0.25) is 0 Å². The monoisotopic (exact) mass is 397 g/mol. The summed E-state index contributed by atoms with van der Waals surface area (Å²) in [4.78, 5) is 14.3. The molecule has 2 aromatic rings. The van der Waals surface area contributed by atoms with E-state index in [1.165, 1.54) is 0 Å². The molecule has 0 aliphatic heterocycles. The van der Waals surface area contributed by atoms with Crippen LogP contribution in [0.3, 0.4) is 0 Å². The summed E-state index contributed by atoms with van der Waals surface area (Å²) in [7, 11) is 3.81. The lowest BCUT2D eigenvalue weighted by Crippen LogP contribution is -2.27. The number of aryl methyl sites for hydroxylation is 1.